The normalized spacial score (nSPS) is 23.5. The van der Waals surface area contributed by atoms with Crippen LogP contribution in [0, 0.1) is 11.6 Å². The Morgan fingerprint density at radius 2 is 2.17 bits per heavy atom. The zero-order valence-corrected chi connectivity index (χ0v) is 11.4. The van der Waals surface area contributed by atoms with E-state index >= 15 is 0 Å². The molecule has 1 fully saturated rings. The Balaban J connectivity index is 1.83. The van der Waals surface area contributed by atoms with E-state index in [0.717, 1.165) is 29.9 Å². The van der Waals surface area contributed by atoms with Gasteiger partial charge in [-0.15, -0.1) is 0 Å². The maximum Gasteiger partial charge on any atom is 0.163 e. The van der Waals surface area contributed by atoms with Crippen LogP contribution in [0.3, 0.4) is 0 Å². The summed E-state index contributed by atoms with van der Waals surface area (Å²) in [5, 5.41) is 4.06. The SMILES string of the molecule is CCSC1CCC(NCc2cccc(F)c2F)C1. The lowest BCUT2D eigenvalue weighted by Gasteiger charge is -2.13. The van der Waals surface area contributed by atoms with Crippen molar-refractivity contribution in [1.29, 1.82) is 0 Å². The highest BCUT2D eigenvalue weighted by Crippen LogP contribution is 2.29. The van der Waals surface area contributed by atoms with Crippen molar-refractivity contribution in [3.05, 3.63) is 35.4 Å². The number of hydrogen-bond donors (Lipinski definition) is 1. The summed E-state index contributed by atoms with van der Waals surface area (Å²) in [5.41, 5.74) is 0.418. The second-order valence-electron chi connectivity index (χ2n) is 4.68. The molecule has 0 aliphatic heterocycles. The Labute approximate surface area is 111 Å². The van der Waals surface area contributed by atoms with Gasteiger partial charge >= 0.3 is 0 Å². The van der Waals surface area contributed by atoms with E-state index in [-0.39, 0.29) is 0 Å². The summed E-state index contributed by atoms with van der Waals surface area (Å²) in [6, 6.07) is 4.79. The molecule has 0 radical (unpaired) electrons. The smallest absolute Gasteiger partial charge is 0.163 e. The molecule has 18 heavy (non-hydrogen) atoms. The molecular formula is C14H19F2NS. The summed E-state index contributed by atoms with van der Waals surface area (Å²) >= 11 is 2.00. The van der Waals surface area contributed by atoms with Crippen molar-refractivity contribution < 1.29 is 8.78 Å². The van der Waals surface area contributed by atoms with Gasteiger partial charge in [0.1, 0.15) is 0 Å². The van der Waals surface area contributed by atoms with Gasteiger partial charge in [-0.3, -0.25) is 0 Å². The molecule has 0 bridgehead atoms. The number of nitrogens with one attached hydrogen (secondary N) is 1. The van der Waals surface area contributed by atoms with Crippen LogP contribution < -0.4 is 5.32 Å². The Bertz CT molecular complexity index is 397. The largest absolute Gasteiger partial charge is 0.310 e. The second-order valence-corrected chi connectivity index (χ2v) is 6.26. The van der Waals surface area contributed by atoms with Gasteiger partial charge in [0.25, 0.3) is 0 Å². The quantitative estimate of drug-likeness (QED) is 0.875. The van der Waals surface area contributed by atoms with Crippen molar-refractivity contribution in [3.63, 3.8) is 0 Å². The van der Waals surface area contributed by atoms with Gasteiger partial charge in [0, 0.05) is 23.4 Å². The minimum atomic E-state index is -0.764. The monoisotopic (exact) mass is 271 g/mol. The highest BCUT2D eigenvalue weighted by Gasteiger charge is 2.24. The average molecular weight is 271 g/mol. The molecule has 1 aliphatic rings. The lowest BCUT2D eigenvalue weighted by Crippen LogP contribution is -2.26. The first kappa shape index (κ1) is 13.8. The summed E-state index contributed by atoms with van der Waals surface area (Å²) in [6.45, 7) is 2.59. The lowest BCUT2D eigenvalue weighted by atomic mass is 10.2. The molecule has 100 valence electrons. The average Bonchev–Trinajstić information content (AvgIpc) is 2.79. The van der Waals surface area contributed by atoms with Crippen LogP contribution in [0.15, 0.2) is 18.2 Å². The van der Waals surface area contributed by atoms with Crippen LogP contribution in [0.25, 0.3) is 0 Å². The molecular weight excluding hydrogens is 252 g/mol. The molecule has 1 aromatic carbocycles. The Kier molecular flexibility index (Phi) is 5.01. The minimum absolute atomic E-state index is 0.414. The topological polar surface area (TPSA) is 12.0 Å². The van der Waals surface area contributed by atoms with Gasteiger partial charge in [-0.2, -0.15) is 11.8 Å². The standard InChI is InChI=1S/C14H19F2NS/c1-2-18-12-7-6-11(8-12)17-9-10-4-3-5-13(15)14(10)16/h3-5,11-12,17H,2,6-9H2,1H3. The molecule has 2 unspecified atom stereocenters. The van der Waals surface area contributed by atoms with Crippen molar-refractivity contribution in [2.24, 2.45) is 0 Å². The van der Waals surface area contributed by atoms with Gasteiger partial charge in [0.2, 0.25) is 0 Å². The van der Waals surface area contributed by atoms with Crippen LogP contribution >= 0.6 is 11.8 Å². The molecule has 2 rings (SSSR count). The van der Waals surface area contributed by atoms with Crippen LogP contribution in [-0.4, -0.2) is 17.0 Å². The fourth-order valence-electron chi connectivity index (χ4n) is 2.45. The van der Waals surface area contributed by atoms with Crippen LogP contribution in [0.2, 0.25) is 0 Å². The van der Waals surface area contributed by atoms with Crippen LogP contribution in [-0.2, 0) is 6.54 Å². The van der Waals surface area contributed by atoms with Crippen LogP contribution in [0.5, 0.6) is 0 Å². The summed E-state index contributed by atoms with van der Waals surface area (Å²) in [4.78, 5) is 0. The molecule has 2 atom stereocenters. The number of halogens is 2. The van der Waals surface area contributed by atoms with E-state index in [4.69, 9.17) is 0 Å². The van der Waals surface area contributed by atoms with Gasteiger partial charge in [-0.05, 0) is 31.1 Å². The van der Waals surface area contributed by atoms with E-state index in [1.165, 1.54) is 6.42 Å². The molecule has 1 N–H and O–H groups in total. The fourth-order valence-corrected chi connectivity index (χ4v) is 3.59. The minimum Gasteiger partial charge on any atom is -0.310 e. The highest BCUT2D eigenvalue weighted by atomic mass is 32.2. The van der Waals surface area contributed by atoms with Crippen molar-refractivity contribution in [1.82, 2.24) is 5.32 Å². The molecule has 0 spiro atoms. The number of hydrogen-bond acceptors (Lipinski definition) is 2. The molecule has 0 saturated heterocycles. The van der Waals surface area contributed by atoms with Crippen molar-refractivity contribution >= 4 is 11.8 Å². The van der Waals surface area contributed by atoms with Crippen molar-refractivity contribution in [2.75, 3.05) is 5.75 Å². The summed E-state index contributed by atoms with van der Waals surface area (Å²) in [6.07, 6.45) is 3.49. The van der Waals surface area contributed by atoms with Gasteiger partial charge in [-0.25, -0.2) is 8.78 Å². The van der Waals surface area contributed by atoms with E-state index < -0.39 is 11.6 Å². The van der Waals surface area contributed by atoms with Crippen molar-refractivity contribution in [2.45, 2.75) is 44.0 Å². The Hall–Kier alpha value is -0.610. The van der Waals surface area contributed by atoms with E-state index in [9.17, 15) is 8.78 Å². The van der Waals surface area contributed by atoms with Gasteiger partial charge in [0.15, 0.2) is 11.6 Å². The van der Waals surface area contributed by atoms with Crippen LogP contribution in [0.1, 0.15) is 31.7 Å². The first-order valence-electron chi connectivity index (χ1n) is 6.48. The van der Waals surface area contributed by atoms with E-state index in [0.29, 0.717) is 18.2 Å². The molecule has 1 nitrogen and oxygen atoms in total. The summed E-state index contributed by atoms with van der Waals surface area (Å²) in [5.74, 6) is -0.335. The summed E-state index contributed by atoms with van der Waals surface area (Å²) in [7, 11) is 0. The molecule has 0 aromatic heterocycles. The predicted octanol–water partition coefficient (Wildman–Crippen LogP) is 3.73. The van der Waals surface area contributed by atoms with E-state index in [1.54, 1.807) is 12.1 Å². The Morgan fingerprint density at radius 1 is 1.33 bits per heavy atom. The maximum atomic E-state index is 13.5. The fraction of sp³-hybridized carbons (Fsp3) is 0.571. The first-order chi connectivity index (χ1) is 8.70. The predicted molar refractivity (Wildman–Crippen MR) is 72.8 cm³/mol. The second kappa shape index (κ2) is 6.53. The van der Waals surface area contributed by atoms with E-state index in [1.807, 2.05) is 11.8 Å². The van der Waals surface area contributed by atoms with Crippen LogP contribution in [0.4, 0.5) is 8.78 Å². The first-order valence-corrected chi connectivity index (χ1v) is 7.53. The molecule has 4 heteroatoms. The van der Waals surface area contributed by atoms with Gasteiger partial charge in [-0.1, -0.05) is 19.1 Å². The molecule has 1 saturated carbocycles. The zero-order chi connectivity index (χ0) is 13.0. The highest BCUT2D eigenvalue weighted by molar-refractivity contribution is 7.99. The number of benzene rings is 1. The Morgan fingerprint density at radius 3 is 2.94 bits per heavy atom. The number of thioether (sulfide) groups is 1. The summed E-state index contributed by atoms with van der Waals surface area (Å²) < 4.78 is 26.5. The maximum absolute atomic E-state index is 13.5. The van der Waals surface area contributed by atoms with Gasteiger partial charge < -0.3 is 5.32 Å². The molecule has 0 amide bonds. The van der Waals surface area contributed by atoms with E-state index in [2.05, 4.69) is 12.2 Å². The third-order valence-electron chi connectivity index (χ3n) is 3.40. The lowest BCUT2D eigenvalue weighted by molar-refractivity contribution is 0.475. The molecule has 1 aromatic rings. The molecule has 0 heterocycles. The third kappa shape index (κ3) is 3.45. The van der Waals surface area contributed by atoms with Gasteiger partial charge in [0.05, 0.1) is 0 Å². The molecule has 1 aliphatic carbocycles. The zero-order valence-electron chi connectivity index (χ0n) is 10.6. The third-order valence-corrected chi connectivity index (χ3v) is 4.63. The van der Waals surface area contributed by atoms with Crippen molar-refractivity contribution in [3.8, 4) is 0 Å². The number of rotatable bonds is 5.